The van der Waals surface area contributed by atoms with Gasteiger partial charge in [-0.05, 0) is 6.07 Å². The standard InChI is InChI=1S/C12H14N4O2/c1-8-3-4-9(7-16(8)18)5-10-6-14-12(13-2)15-11(10)17/h3-4,6-7H,5H2,1-2H3,(H2-,13,14,15,17,18)/p+1. The predicted octanol–water partition coefficient (Wildman–Crippen LogP) is 0.236. The molecule has 0 amide bonds. The number of hydrogen-bond acceptors (Lipinski definition) is 4. The summed E-state index contributed by atoms with van der Waals surface area (Å²) < 4.78 is 1.04. The molecule has 0 fully saturated rings. The highest BCUT2D eigenvalue weighted by atomic mass is 16.5. The number of aromatic amines is 1. The van der Waals surface area contributed by atoms with Crippen LogP contribution >= 0.6 is 0 Å². The number of hydrogen-bond donors (Lipinski definition) is 3. The molecule has 2 aromatic heterocycles. The third-order valence-electron chi connectivity index (χ3n) is 2.69. The van der Waals surface area contributed by atoms with E-state index in [-0.39, 0.29) is 5.56 Å². The molecule has 0 aliphatic carbocycles. The van der Waals surface area contributed by atoms with Crippen molar-refractivity contribution in [1.82, 2.24) is 9.97 Å². The third-order valence-corrected chi connectivity index (χ3v) is 2.69. The Bertz CT molecular complexity index is 622. The first-order valence-corrected chi connectivity index (χ1v) is 5.56. The van der Waals surface area contributed by atoms with Crippen molar-refractivity contribution in [2.24, 2.45) is 0 Å². The monoisotopic (exact) mass is 247 g/mol. The second-order valence-corrected chi connectivity index (χ2v) is 4.04. The van der Waals surface area contributed by atoms with Crippen molar-refractivity contribution < 1.29 is 9.94 Å². The molecule has 2 aromatic rings. The van der Waals surface area contributed by atoms with Crippen molar-refractivity contribution >= 4 is 5.95 Å². The normalized spacial score (nSPS) is 10.3. The van der Waals surface area contributed by atoms with Crippen LogP contribution in [-0.2, 0) is 6.42 Å². The Kier molecular flexibility index (Phi) is 3.27. The quantitative estimate of drug-likeness (QED) is 0.536. The number of rotatable bonds is 3. The van der Waals surface area contributed by atoms with E-state index in [0.717, 1.165) is 16.0 Å². The van der Waals surface area contributed by atoms with Gasteiger partial charge in [-0.2, -0.15) is 0 Å². The third kappa shape index (κ3) is 2.48. The van der Waals surface area contributed by atoms with Gasteiger partial charge in [0.2, 0.25) is 17.8 Å². The van der Waals surface area contributed by atoms with Crippen LogP contribution in [0.5, 0.6) is 0 Å². The van der Waals surface area contributed by atoms with Crippen LogP contribution in [0.25, 0.3) is 0 Å². The van der Waals surface area contributed by atoms with E-state index >= 15 is 0 Å². The van der Waals surface area contributed by atoms with Crippen LogP contribution in [0.15, 0.2) is 29.3 Å². The topological polar surface area (TPSA) is 81.9 Å². The molecule has 0 unspecified atom stereocenters. The Morgan fingerprint density at radius 3 is 2.89 bits per heavy atom. The number of anilines is 1. The summed E-state index contributed by atoms with van der Waals surface area (Å²) in [6, 6.07) is 3.66. The zero-order valence-electron chi connectivity index (χ0n) is 10.3. The summed E-state index contributed by atoms with van der Waals surface area (Å²) in [5.74, 6) is 0.435. The lowest BCUT2D eigenvalue weighted by atomic mass is 10.1. The molecule has 0 saturated heterocycles. The van der Waals surface area contributed by atoms with Gasteiger partial charge in [-0.15, -0.1) is 0 Å². The zero-order chi connectivity index (χ0) is 13.1. The molecule has 0 aromatic carbocycles. The summed E-state index contributed by atoms with van der Waals surface area (Å²) in [5.41, 5.74) is 1.95. The Labute approximate surface area is 104 Å². The maximum absolute atomic E-state index is 11.8. The first kappa shape index (κ1) is 12.1. The second-order valence-electron chi connectivity index (χ2n) is 4.04. The van der Waals surface area contributed by atoms with Crippen molar-refractivity contribution in [3.05, 3.63) is 51.7 Å². The molecule has 2 rings (SSSR count). The van der Waals surface area contributed by atoms with Gasteiger partial charge in [0.15, 0.2) is 0 Å². The van der Waals surface area contributed by atoms with E-state index in [9.17, 15) is 10.0 Å². The summed E-state index contributed by atoms with van der Waals surface area (Å²) in [6.07, 6.45) is 3.54. The Balaban J connectivity index is 2.28. The van der Waals surface area contributed by atoms with Crippen LogP contribution < -0.4 is 15.6 Å². The number of aromatic nitrogens is 3. The van der Waals surface area contributed by atoms with Crippen LogP contribution in [-0.4, -0.2) is 22.2 Å². The van der Waals surface area contributed by atoms with Gasteiger partial charge in [-0.1, -0.05) is 0 Å². The second kappa shape index (κ2) is 4.87. The molecule has 0 saturated carbocycles. The summed E-state index contributed by atoms with van der Waals surface area (Å²) >= 11 is 0. The van der Waals surface area contributed by atoms with E-state index < -0.39 is 0 Å². The molecule has 3 N–H and O–H groups in total. The van der Waals surface area contributed by atoms with Gasteiger partial charge in [0.25, 0.3) is 5.56 Å². The maximum atomic E-state index is 11.8. The van der Waals surface area contributed by atoms with Crippen LogP contribution in [0.3, 0.4) is 0 Å². The first-order chi connectivity index (χ1) is 8.60. The highest BCUT2D eigenvalue weighted by molar-refractivity contribution is 5.26. The summed E-state index contributed by atoms with van der Waals surface area (Å²) in [5, 5.41) is 12.3. The molecule has 0 atom stereocenters. The highest BCUT2D eigenvalue weighted by Crippen LogP contribution is 2.04. The summed E-state index contributed by atoms with van der Waals surface area (Å²) in [7, 11) is 1.69. The molecule has 0 bridgehead atoms. The Hall–Kier alpha value is -2.37. The van der Waals surface area contributed by atoms with Gasteiger partial charge >= 0.3 is 0 Å². The molecule has 18 heavy (non-hydrogen) atoms. The van der Waals surface area contributed by atoms with Crippen molar-refractivity contribution in [1.29, 1.82) is 0 Å². The zero-order valence-corrected chi connectivity index (χ0v) is 10.3. The fraction of sp³-hybridized carbons (Fsp3) is 0.250. The Morgan fingerprint density at radius 1 is 1.50 bits per heavy atom. The molecule has 0 spiro atoms. The number of nitrogens with one attached hydrogen (secondary N) is 2. The molecule has 0 radical (unpaired) electrons. The molecular formula is C12H15N4O2+. The van der Waals surface area contributed by atoms with Crippen LogP contribution in [0.2, 0.25) is 0 Å². The van der Waals surface area contributed by atoms with Gasteiger partial charge in [0.05, 0.1) is 0 Å². The minimum atomic E-state index is -0.181. The SMILES string of the molecule is CNc1ncc(Cc2ccc(C)[n+](O)c2)c(=O)[nH]1. The predicted molar refractivity (Wildman–Crippen MR) is 65.8 cm³/mol. The van der Waals surface area contributed by atoms with E-state index in [2.05, 4.69) is 15.3 Å². The Morgan fingerprint density at radius 2 is 2.28 bits per heavy atom. The van der Waals surface area contributed by atoms with E-state index in [4.69, 9.17) is 0 Å². The minimum Gasteiger partial charge on any atom is -0.359 e. The lowest BCUT2D eigenvalue weighted by molar-refractivity contribution is -0.909. The van der Waals surface area contributed by atoms with Gasteiger partial charge in [-0.25, -0.2) is 4.98 Å². The lowest BCUT2D eigenvalue weighted by Gasteiger charge is -2.02. The summed E-state index contributed by atoms with van der Waals surface area (Å²) in [4.78, 5) is 18.4. The molecule has 6 nitrogen and oxygen atoms in total. The van der Waals surface area contributed by atoms with Crippen LogP contribution in [0.4, 0.5) is 5.95 Å². The number of pyridine rings is 1. The van der Waals surface area contributed by atoms with Crippen molar-refractivity contribution in [3.8, 4) is 0 Å². The van der Waals surface area contributed by atoms with Gasteiger partial charge in [0, 0.05) is 48.5 Å². The van der Waals surface area contributed by atoms with Gasteiger partial charge in [0.1, 0.15) is 0 Å². The van der Waals surface area contributed by atoms with Crippen molar-refractivity contribution in [2.75, 3.05) is 12.4 Å². The fourth-order valence-corrected chi connectivity index (χ4v) is 1.60. The molecule has 2 heterocycles. The van der Waals surface area contributed by atoms with Crippen LogP contribution in [0.1, 0.15) is 16.8 Å². The van der Waals surface area contributed by atoms with Crippen molar-refractivity contribution in [3.63, 3.8) is 0 Å². The van der Waals surface area contributed by atoms with Gasteiger partial charge < -0.3 is 5.32 Å². The van der Waals surface area contributed by atoms with E-state index in [1.54, 1.807) is 26.2 Å². The molecule has 0 aliphatic rings. The maximum Gasteiger partial charge on any atom is 0.255 e. The number of aryl methyl sites for hydroxylation is 1. The largest absolute Gasteiger partial charge is 0.359 e. The number of H-pyrrole nitrogens is 1. The lowest BCUT2D eigenvalue weighted by Crippen LogP contribution is -2.33. The average Bonchev–Trinajstić information content (AvgIpc) is 2.36. The molecule has 6 heteroatoms. The van der Waals surface area contributed by atoms with E-state index in [1.165, 1.54) is 6.20 Å². The van der Waals surface area contributed by atoms with Gasteiger partial charge in [-0.3, -0.25) is 15.0 Å². The molecular weight excluding hydrogens is 232 g/mol. The minimum absolute atomic E-state index is 0.181. The average molecular weight is 247 g/mol. The van der Waals surface area contributed by atoms with Crippen LogP contribution in [0, 0.1) is 6.92 Å². The van der Waals surface area contributed by atoms with Crippen molar-refractivity contribution in [2.45, 2.75) is 13.3 Å². The van der Waals surface area contributed by atoms with E-state index in [1.807, 2.05) is 6.07 Å². The van der Waals surface area contributed by atoms with E-state index in [0.29, 0.717) is 17.9 Å². The number of nitrogens with zero attached hydrogens (tertiary/aromatic N) is 2. The summed E-state index contributed by atoms with van der Waals surface area (Å²) in [6.45, 7) is 1.79. The fourth-order valence-electron chi connectivity index (χ4n) is 1.60. The molecule has 94 valence electrons. The smallest absolute Gasteiger partial charge is 0.255 e. The molecule has 0 aliphatic heterocycles. The highest BCUT2D eigenvalue weighted by Gasteiger charge is 2.09. The first-order valence-electron chi connectivity index (χ1n) is 5.56.